The average Bonchev–Trinajstić information content (AvgIpc) is 3.02. The molecule has 0 saturated carbocycles. The molecule has 4 aromatic carbocycles. The summed E-state index contributed by atoms with van der Waals surface area (Å²) in [6.07, 6.45) is -4.87. The maximum absolute atomic E-state index is 14.1. The zero-order valence-electron chi connectivity index (χ0n) is 23.2. The number of benzene rings is 4. The number of aliphatic hydroxyl groups is 2. The van der Waals surface area contributed by atoms with Crippen LogP contribution in [-0.2, 0) is 45.4 Å². The molecule has 8 heteroatoms. The molecule has 0 radical (unpaired) electrons. The second-order valence-electron chi connectivity index (χ2n) is 9.86. The van der Waals surface area contributed by atoms with Crippen LogP contribution in [0.15, 0.2) is 109 Å². The molecule has 0 amide bonds. The van der Waals surface area contributed by atoms with E-state index < -0.39 is 36.1 Å². The van der Waals surface area contributed by atoms with Gasteiger partial charge in [0.15, 0.2) is 0 Å². The number of hydrogen-bond donors (Lipinski definition) is 2. The highest BCUT2D eigenvalue weighted by molar-refractivity contribution is 5.17. The topological polar surface area (TPSA) is 77.4 Å². The zero-order chi connectivity index (χ0) is 29.6. The van der Waals surface area contributed by atoms with Gasteiger partial charge in [-0.3, -0.25) is 0 Å². The SMILES string of the molecule is OC(C(COCc1ccccc1F)OCc1ccccc1)C(O)C(COCc1ccccc1F)OCc1ccccc1. The van der Waals surface area contributed by atoms with Gasteiger partial charge >= 0.3 is 0 Å². The molecule has 222 valence electrons. The molecular formula is C34H36F2O6. The fraction of sp³-hybridized carbons (Fsp3) is 0.294. The average molecular weight is 579 g/mol. The molecule has 4 atom stereocenters. The Hall–Kier alpha value is -3.50. The van der Waals surface area contributed by atoms with E-state index in [1.54, 1.807) is 36.4 Å². The Balaban J connectivity index is 1.44. The maximum Gasteiger partial charge on any atom is 0.128 e. The van der Waals surface area contributed by atoms with E-state index in [9.17, 15) is 19.0 Å². The van der Waals surface area contributed by atoms with Crippen molar-refractivity contribution in [3.05, 3.63) is 143 Å². The first kappa shape index (κ1) is 31.4. The van der Waals surface area contributed by atoms with Crippen molar-refractivity contribution in [3.8, 4) is 0 Å². The van der Waals surface area contributed by atoms with E-state index in [2.05, 4.69) is 0 Å². The second kappa shape index (κ2) is 16.8. The first-order valence-corrected chi connectivity index (χ1v) is 13.8. The molecule has 0 spiro atoms. The fourth-order valence-corrected chi connectivity index (χ4v) is 4.29. The molecule has 4 aromatic rings. The van der Waals surface area contributed by atoms with Crippen LogP contribution in [0.2, 0.25) is 0 Å². The van der Waals surface area contributed by atoms with E-state index in [0.717, 1.165) is 11.1 Å². The molecule has 0 fully saturated rings. The highest BCUT2D eigenvalue weighted by Crippen LogP contribution is 2.18. The molecule has 4 unspecified atom stereocenters. The smallest absolute Gasteiger partial charge is 0.128 e. The van der Waals surface area contributed by atoms with Gasteiger partial charge in [0.25, 0.3) is 0 Å². The number of aliphatic hydroxyl groups excluding tert-OH is 2. The van der Waals surface area contributed by atoms with Crippen LogP contribution >= 0.6 is 0 Å². The lowest BCUT2D eigenvalue weighted by atomic mass is 10.0. The largest absolute Gasteiger partial charge is 0.388 e. The summed E-state index contributed by atoms with van der Waals surface area (Å²) in [5.74, 6) is -0.803. The van der Waals surface area contributed by atoms with Crippen LogP contribution in [-0.4, -0.2) is 47.8 Å². The van der Waals surface area contributed by atoms with Crippen molar-refractivity contribution in [2.24, 2.45) is 0 Å². The molecule has 42 heavy (non-hydrogen) atoms. The number of halogens is 2. The molecule has 0 heterocycles. The van der Waals surface area contributed by atoms with E-state index in [1.165, 1.54) is 12.1 Å². The molecule has 0 bridgehead atoms. The highest BCUT2D eigenvalue weighted by atomic mass is 19.1. The molecule has 6 nitrogen and oxygen atoms in total. The van der Waals surface area contributed by atoms with Crippen LogP contribution in [0.1, 0.15) is 22.3 Å². The van der Waals surface area contributed by atoms with Gasteiger partial charge in [0.2, 0.25) is 0 Å². The summed E-state index contributed by atoms with van der Waals surface area (Å²) in [6.45, 7) is -0.0299. The minimum Gasteiger partial charge on any atom is -0.388 e. The highest BCUT2D eigenvalue weighted by Gasteiger charge is 2.34. The van der Waals surface area contributed by atoms with E-state index >= 15 is 0 Å². The summed E-state index contributed by atoms with van der Waals surface area (Å²) in [6, 6.07) is 31.3. The van der Waals surface area contributed by atoms with E-state index in [-0.39, 0.29) is 39.6 Å². The second-order valence-corrected chi connectivity index (χ2v) is 9.86. The van der Waals surface area contributed by atoms with Crippen molar-refractivity contribution in [2.75, 3.05) is 13.2 Å². The summed E-state index contributed by atoms with van der Waals surface area (Å²) < 4.78 is 51.7. The Bertz CT molecular complexity index is 1220. The van der Waals surface area contributed by atoms with Crippen molar-refractivity contribution in [1.29, 1.82) is 0 Å². The van der Waals surface area contributed by atoms with Crippen LogP contribution in [0.25, 0.3) is 0 Å². The van der Waals surface area contributed by atoms with Gasteiger partial charge in [-0.2, -0.15) is 0 Å². The number of ether oxygens (including phenoxy) is 4. The van der Waals surface area contributed by atoms with Crippen molar-refractivity contribution < 1.29 is 37.9 Å². The Morgan fingerprint density at radius 1 is 0.476 bits per heavy atom. The molecule has 0 saturated heterocycles. The van der Waals surface area contributed by atoms with Gasteiger partial charge < -0.3 is 29.2 Å². The standard InChI is InChI=1S/C34H36F2O6/c35-29-17-9-7-15-27(29)21-39-23-31(41-19-25-11-3-1-4-12-25)33(37)34(38)32(42-20-26-13-5-2-6-14-26)24-40-22-28-16-8-10-18-30(28)36/h1-18,31-34,37-38H,19-24H2. The molecule has 0 aliphatic carbocycles. The first-order chi connectivity index (χ1) is 20.5. The number of hydrogen-bond acceptors (Lipinski definition) is 6. The lowest BCUT2D eigenvalue weighted by Gasteiger charge is -2.32. The zero-order valence-corrected chi connectivity index (χ0v) is 23.2. The van der Waals surface area contributed by atoms with Crippen LogP contribution in [0, 0.1) is 11.6 Å². The Kier molecular flexibility index (Phi) is 12.6. The van der Waals surface area contributed by atoms with Gasteiger partial charge in [0.1, 0.15) is 36.1 Å². The van der Waals surface area contributed by atoms with E-state index in [1.807, 2.05) is 60.7 Å². The normalized spacial score (nSPS) is 14.3. The van der Waals surface area contributed by atoms with Crippen molar-refractivity contribution in [3.63, 3.8) is 0 Å². The molecular weight excluding hydrogens is 542 g/mol. The predicted octanol–water partition coefficient (Wildman–Crippen LogP) is 5.59. The third kappa shape index (κ3) is 9.80. The Morgan fingerprint density at radius 3 is 1.21 bits per heavy atom. The van der Waals surface area contributed by atoms with Crippen molar-refractivity contribution >= 4 is 0 Å². The number of rotatable bonds is 17. The third-order valence-electron chi connectivity index (χ3n) is 6.72. The predicted molar refractivity (Wildman–Crippen MR) is 154 cm³/mol. The fourth-order valence-electron chi connectivity index (χ4n) is 4.29. The van der Waals surface area contributed by atoms with Gasteiger partial charge in [-0.25, -0.2) is 8.78 Å². The lowest BCUT2D eigenvalue weighted by molar-refractivity contribution is -0.170. The summed E-state index contributed by atoms with van der Waals surface area (Å²) in [4.78, 5) is 0. The third-order valence-corrected chi connectivity index (χ3v) is 6.72. The molecule has 4 rings (SSSR count). The van der Waals surface area contributed by atoms with E-state index in [0.29, 0.717) is 11.1 Å². The molecule has 0 aliphatic heterocycles. The maximum atomic E-state index is 14.1. The lowest BCUT2D eigenvalue weighted by Crippen LogP contribution is -2.49. The molecule has 0 aliphatic rings. The van der Waals surface area contributed by atoms with Gasteiger partial charge in [0, 0.05) is 11.1 Å². The quantitative estimate of drug-likeness (QED) is 0.170. The molecule has 0 aromatic heterocycles. The van der Waals surface area contributed by atoms with Crippen molar-refractivity contribution in [1.82, 2.24) is 0 Å². The summed E-state index contributed by atoms with van der Waals surface area (Å²) in [5.41, 5.74) is 2.45. The minimum atomic E-state index is -1.45. The van der Waals surface area contributed by atoms with Gasteiger partial charge in [-0.05, 0) is 23.3 Å². The van der Waals surface area contributed by atoms with Crippen LogP contribution < -0.4 is 0 Å². The molecule has 2 N–H and O–H groups in total. The summed E-state index contributed by atoms with van der Waals surface area (Å²) in [5, 5.41) is 22.6. The van der Waals surface area contributed by atoms with Gasteiger partial charge in [0.05, 0.1) is 39.6 Å². The summed E-state index contributed by atoms with van der Waals surface area (Å²) >= 11 is 0. The monoisotopic (exact) mass is 578 g/mol. The van der Waals surface area contributed by atoms with Crippen LogP contribution in [0.3, 0.4) is 0 Å². The van der Waals surface area contributed by atoms with Crippen LogP contribution in [0.5, 0.6) is 0 Å². The minimum absolute atomic E-state index is 0.0413. The summed E-state index contributed by atoms with van der Waals surface area (Å²) in [7, 11) is 0. The van der Waals surface area contributed by atoms with Gasteiger partial charge in [-0.15, -0.1) is 0 Å². The van der Waals surface area contributed by atoms with Crippen LogP contribution in [0.4, 0.5) is 8.78 Å². The first-order valence-electron chi connectivity index (χ1n) is 13.8. The van der Waals surface area contributed by atoms with Crippen molar-refractivity contribution in [2.45, 2.75) is 50.8 Å². The van der Waals surface area contributed by atoms with E-state index in [4.69, 9.17) is 18.9 Å². The Labute approximate surface area is 245 Å². The van der Waals surface area contributed by atoms with Gasteiger partial charge in [-0.1, -0.05) is 97.1 Å². The Morgan fingerprint density at radius 2 is 0.833 bits per heavy atom.